The first kappa shape index (κ1) is 13.3. The van der Waals surface area contributed by atoms with Gasteiger partial charge in [-0.15, -0.1) is 0 Å². The summed E-state index contributed by atoms with van der Waals surface area (Å²) < 4.78 is 34.7. The largest absolute Gasteiger partial charge is 0.439 e. The Balaban J connectivity index is 1.89. The lowest BCUT2D eigenvalue weighted by Crippen LogP contribution is -2.44. The van der Waals surface area contributed by atoms with Crippen LogP contribution in [0.1, 0.15) is 12.8 Å². The molecule has 0 bridgehead atoms. The summed E-state index contributed by atoms with van der Waals surface area (Å²) in [5, 5.41) is 10.7. The molecule has 2 atom stereocenters. The number of rotatable bonds is 4. The molecule has 0 saturated heterocycles. The maximum Gasteiger partial charge on any atom is 0.414 e. The number of fused-ring (bicyclic) bond motifs is 1. The number of nitrogens with zero attached hydrogens (tertiary/aromatic N) is 3. The Hall–Kier alpha value is -1.68. The number of nitro groups is 1. The maximum absolute atomic E-state index is 11.3. The third-order valence-electron chi connectivity index (χ3n) is 3.28. The fourth-order valence-corrected chi connectivity index (χ4v) is 2.95. The highest BCUT2D eigenvalue weighted by atomic mass is 32.2. The second-order valence-corrected chi connectivity index (χ2v) is 6.65. The number of aromatic nitrogens is 2. The first-order valence-electron chi connectivity index (χ1n) is 6.10. The minimum atomic E-state index is -3.62. The predicted molar refractivity (Wildman–Crippen MR) is 65.7 cm³/mol. The highest BCUT2D eigenvalue weighted by Crippen LogP contribution is 2.40. The molecule has 2 aliphatic rings. The summed E-state index contributed by atoms with van der Waals surface area (Å²) in [6, 6.07) is 0.141. The molecule has 0 N–H and O–H groups in total. The zero-order chi connectivity index (χ0) is 14.5. The summed E-state index contributed by atoms with van der Waals surface area (Å²) in [6.45, 7) is 0.171. The second-order valence-electron chi connectivity index (χ2n) is 5.05. The van der Waals surface area contributed by atoms with E-state index in [1.807, 2.05) is 0 Å². The molecular formula is C10H13N3O6S. The molecule has 1 fully saturated rings. The van der Waals surface area contributed by atoms with Gasteiger partial charge in [0, 0.05) is 4.98 Å². The van der Waals surface area contributed by atoms with Gasteiger partial charge in [-0.1, -0.05) is 0 Å². The number of hydrogen-bond acceptors (Lipinski definition) is 7. The van der Waals surface area contributed by atoms with Crippen molar-refractivity contribution < 1.29 is 22.3 Å². The van der Waals surface area contributed by atoms with E-state index in [0.717, 1.165) is 19.1 Å². The molecule has 0 aromatic carbocycles. The molecule has 20 heavy (non-hydrogen) atoms. The number of imidazole rings is 1. The lowest BCUT2D eigenvalue weighted by atomic mass is 10.1. The van der Waals surface area contributed by atoms with Crippen molar-refractivity contribution in [2.75, 3.05) is 6.26 Å². The van der Waals surface area contributed by atoms with Gasteiger partial charge in [-0.05, 0) is 23.7 Å². The van der Waals surface area contributed by atoms with Crippen LogP contribution in [0.2, 0.25) is 0 Å². The van der Waals surface area contributed by atoms with Gasteiger partial charge >= 0.3 is 11.8 Å². The maximum atomic E-state index is 11.3. The Bertz CT molecular complexity index is 650. The third-order valence-corrected chi connectivity index (χ3v) is 3.88. The molecule has 10 heteroatoms. The van der Waals surface area contributed by atoms with Crippen molar-refractivity contribution in [3.05, 3.63) is 16.3 Å². The fraction of sp³-hybridized carbons (Fsp3) is 0.700. The Morgan fingerprint density at radius 2 is 2.25 bits per heavy atom. The molecular weight excluding hydrogens is 290 g/mol. The van der Waals surface area contributed by atoms with E-state index in [9.17, 15) is 18.5 Å². The molecule has 0 amide bonds. The van der Waals surface area contributed by atoms with Crippen LogP contribution in [-0.2, 0) is 20.8 Å². The van der Waals surface area contributed by atoms with Crippen molar-refractivity contribution in [3.8, 4) is 6.01 Å². The van der Waals surface area contributed by atoms with E-state index in [0.29, 0.717) is 0 Å². The summed E-state index contributed by atoms with van der Waals surface area (Å²) in [5.41, 5.74) is 0. The Morgan fingerprint density at radius 3 is 2.80 bits per heavy atom. The molecule has 1 aliphatic heterocycles. The predicted octanol–water partition coefficient (Wildman–Crippen LogP) is 0.307. The van der Waals surface area contributed by atoms with E-state index >= 15 is 0 Å². The normalized spacial score (nSPS) is 25.9. The molecule has 2 heterocycles. The van der Waals surface area contributed by atoms with E-state index in [4.69, 9.17) is 8.92 Å². The molecule has 0 radical (unpaired) electrons. The lowest BCUT2D eigenvalue weighted by molar-refractivity contribution is -0.389. The summed E-state index contributed by atoms with van der Waals surface area (Å²) in [4.78, 5) is 13.9. The molecule has 1 aromatic rings. The molecule has 9 nitrogen and oxygen atoms in total. The van der Waals surface area contributed by atoms with Gasteiger partial charge in [0.05, 0.1) is 12.8 Å². The SMILES string of the molecule is CS(=O)(=O)O[C@@H]1Cn2cc([N+](=O)[O-])nc2O[C@H]1C1CC1. The van der Waals surface area contributed by atoms with Gasteiger partial charge in [0.1, 0.15) is 18.4 Å². The van der Waals surface area contributed by atoms with Crippen LogP contribution in [0.5, 0.6) is 6.01 Å². The van der Waals surface area contributed by atoms with Gasteiger partial charge in [0.2, 0.25) is 0 Å². The van der Waals surface area contributed by atoms with Gasteiger partial charge in [0.25, 0.3) is 10.1 Å². The van der Waals surface area contributed by atoms with Gasteiger partial charge in [0.15, 0.2) is 0 Å². The summed E-state index contributed by atoms with van der Waals surface area (Å²) in [7, 11) is -3.62. The average Bonchev–Trinajstić information content (AvgIpc) is 3.06. The number of hydrogen-bond donors (Lipinski definition) is 0. The first-order valence-corrected chi connectivity index (χ1v) is 7.91. The molecule has 0 unspecified atom stereocenters. The number of ether oxygens (including phenoxy) is 1. The van der Waals surface area contributed by atoms with Crippen molar-refractivity contribution in [2.45, 2.75) is 31.6 Å². The van der Waals surface area contributed by atoms with Crippen LogP contribution >= 0.6 is 0 Å². The van der Waals surface area contributed by atoms with Gasteiger partial charge in [-0.2, -0.15) is 8.42 Å². The quantitative estimate of drug-likeness (QED) is 0.446. The third kappa shape index (κ3) is 2.61. The smallest absolute Gasteiger partial charge is 0.414 e. The molecule has 1 aliphatic carbocycles. The van der Waals surface area contributed by atoms with Crippen LogP contribution in [-0.4, -0.2) is 41.4 Å². The van der Waals surface area contributed by atoms with Crippen LogP contribution in [0.25, 0.3) is 0 Å². The summed E-state index contributed by atoms with van der Waals surface area (Å²) in [6.07, 6.45) is 2.94. The second kappa shape index (κ2) is 4.42. The van der Waals surface area contributed by atoms with Crippen molar-refractivity contribution in [3.63, 3.8) is 0 Å². The van der Waals surface area contributed by atoms with E-state index in [1.54, 1.807) is 0 Å². The zero-order valence-corrected chi connectivity index (χ0v) is 11.4. The van der Waals surface area contributed by atoms with Crippen LogP contribution in [0.4, 0.5) is 5.82 Å². The Labute approximate surface area is 114 Å². The zero-order valence-electron chi connectivity index (χ0n) is 10.6. The van der Waals surface area contributed by atoms with Gasteiger partial charge in [-0.25, -0.2) is 0 Å². The van der Waals surface area contributed by atoms with Crippen molar-refractivity contribution in [1.82, 2.24) is 9.55 Å². The van der Waals surface area contributed by atoms with Crippen molar-refractivity contribution in [1.29, 1.82) is 0 Å². The molecule has 110 valence electrons. The summed E-state index contributed by atoms with van der Waals surface area (Å²) in [5.74, 6) is -0.110. The van der Waals surface area contributed by atoms with E-state index in [1.165, 1.54) is 10.8 Å². The lowest BCUT2D eigenvalue weighted by Gasteiger charge is -2.29. The van der Waals surface area contributed by atoms with Crippen LogP contribution in [0.15, 0.2) is 6.20 Å². The summed E-state index contributed by atoms with van der Waals surface area (Å²) >= 11 is 0. The standard InChI is InChI=1S/C10H13N3O6S/c1-20(16,17)19-7-4-12-5-8(13(14)15)11-10(12)18-9(7)6-2-3-6/h5-7,9H,2-4H2,1H3/t7-,9+/m1/s1. The van der Waals surface area contributed by atoms with Crippen LogP contribution in [0.3, 0.4) is 0 Å². The van der Waals surface area contributed by atoms with Gasteiger partial charge < -0.3 is 14.9 Å². The van der Waals surface area contributed by atoms with Gasteiger partial charge in [-0.3, -0.25) is 8.75 Å². The van der Waals surface area contributed by atoms with Crippen LogP contribution < -0.4 is 4.74 Å². The Morgan fingerprint density at radius 1 is 1.55 bits per heavy atom. The van der Waals surface area contributed by atoms with E-state index in [2.05, 4.69) is 4.98 Å². The molecule has 1 saturated carbocycles. The molecule has 1 aromatic heterocycles. The highest BCUT2D eigenvalue weighted by molar-refractivity contribution is 7.86. The molecule has 0 spiro atoms. The van der Waals surface area contributed by atoms with E-state index < -0.39 is 27.2 Å². The minimum Gasteiger partial charge on any atom is -0.439 e. The minimum absolute atomic E-state index is 0.141. The monoisotopic (exact) mass is 303 g/mol. The Kier molecular flexibility index (Phi) is 2.94. The van der Waals surface area contributed by atoms with E-state index in [-0.39, 0.29) is 24.3 Å². The van der Waals surface area contributed by atoms with Crippen molar-refractivity contribution >= 4 is 15.9 Å². The first-order chi connectivity index (χ1) is 9.33. The highest BCUT2D eigenvalue weighted by Gasteiger charge is 2.45. The molecule has 3 rings (SSSR count). The fourth-order valence-electron chi connectivity index (χ4n) is 2.33. The average molecular weight is 303 g/mol. The van der Waals surface area contributed by atoms with Crippen molar-refractivity contribution in [2.24, 2.45) is 5.92 Å². The topological polar surface area (TPSA) is 114 Å². The van der Waals surface area contributed by atoms with Crippen LogP contribution in [0, 0.1) is 16.0 Å².